The van der Waals surface area contributed by atoms with Crippen molar-refractivity contribution in [2.75, 3.05) is 13.1 Å². The lowest BCUT2D eigenvalue weighted by atomic mass is 9.99. The molecule has 0 fully saturated rings. The maximum absolute atomic E-state index is 12.1. The van der Waals surface area contributed by atoms with Gasteiger partial charge in [0, 0.05) is 13.1 Å². The van der Waals surface area contributed by atoms with E-state index in [-0.39, 0.29) is 0 Å². The molecule has 2 rings (SSSR count). The van der Waals surface area contributed by atoms with Crippen LogP contribution in [-0.2, 0) is 17.8 Å². The van der Waals surface area contributed by atoms with E-state index in [0.29, 0.717) is 13.1 Å². The highest BCUT2D eigenvalue weighted by Crippen LogP contribution is 2.20. The lowest BCUT2D eigenvalue weighted by Gasteiger charge is -2.32. The molecule has 6 heteroatoms. The number of nitrogens with one attached hydrogen (secondary N) is 1. The Kier molecular flexibility index (Phi) is 4.32. The van der Waals surface area contributed by atoms with Gasteiger partial charge in [-0.15, -0.1) is 0 Å². The van der Waals surface area contributed by atoms with Crippen LogP contribution in [0, 0.1) is 0 Å². The minimum Gasteiger partial charge on any atom is -0.346 e. The number of fused-ring (bicyclic) bond motifs is 1. The van der Waals surface area contributed by atoms with Gasteiger partial charge in [0.1, 0.15) is 6.54 Å². The molecule has 1 aromatic carbocycles. The summed E-state index contributed by atoms with van der Waals surface area (Å²) in [5.74, 6) is -0.582. The van der Waals surface area contributed by atoms with Crippen molar-refractivity contribution in [3.05, 3.63) is 35.4 Å². The molecule has 1 atom stereocenters. The number of hydrogen-bond acceptors (Lipinski definition) is 2. The molecule has 110 valence electrons. The lowest BCUT2D eigenvalue weighted by Crippen LogP contribution is -2.48. The van der Waals surface area contributed by atoms with Crippen molar-refractivity contribution in [3.63, 3.8) is 0 Å². The van der Waals surface area contributed by atoms with Crippen molar-refractivity contribution in [1.29, 1.82) is 0 Å². The van der Waals surface area contributed by atoms with Crippen LogP contribution in [0.2, 0.25) is 0 Å². The smallest absolute Gasteiger partial charge is 0.346 e. The Morgan fingerprint density at radius 3 is 2.65 bits per heavy atom. The van der Waals surface area contributed by atoms with Gasteiger partial charge in [-0.2, -0.15) is 13.2 Å². The average molecular weight is 286 g/mol. The Bertz CT molecular complexity index is 488. The van der Waals surface area contributed by atoms with E-state index in [0.717, 1.165) is 12.0 Å². The van der Waals surface area contributed by atoms with Crippen molar-refractivity contribution >= 4 is 5.91 Å². The first-order valence-corrected chi connectivity index (χ1v) is 6.52. The molecule has 0 aliphatic carbocycles. The number of carbonyl (C=O) groups is 1. The quantitative estimate of drug-likeness (QED) is 0.923. The Hall–Kier alpha value is -1.56. The highest BCUT2D eigenvalue weighted by Gasteiger charge is 2.30. The van der Waals surface area contributed by atoms with Gasteiger partial charge in [-0.25, -0.2) is 0 Å². The minimum absolute atomic E-state index is 0.564. The molecule has 1 N–H and O–H groups in total. The first-order chi connectivity index (χ1) is 9.37. The van der Waals surface area contributed by atoms with E-state index in [1.165, 1.54) is 5.56 Å². The number of carbonyl (C=O) groups excluding carboxylic acids is 1. The van der Waals surface area contributed by atoms with Gasteiger partial charge >= 0.3 is 6.18 Å². The topological polar surface area (TPSA) is 32.3 Å². The van der Waals surface area contributed by atoms with Gasteiger partial charge in [0.25, 0.3) is 0 Å². The SMILES string of the molecule is CC(C(=O)NCC(F)(F)F)N1CCc2ccccc2C1. The molecule has 1 aliphatic rings. The molecule has 1 heterocycles. The molecule has 0 aromatic heterocycles. The normalized spacial score (nSPS) is 17.4. The van der Waals surface area contributed by atoms with E-state index in [4.69, 9.17) is 0 Å². The highest BCUT2D eigenvalue weighted by molar-refractivity contribution is 5.81. The van der Waals surface area contributed by atoms with E-state index in [1.807, 2.05) is 34.5 Å². The Balaban J connectivity index is 1.94. The van der Waals surface area contributed by atoms with Crippen LogP contribution in [0.15, 0.2) is 24.3 Å². The number of hydrogen-bond donors (Lipinski definition) is 1. The molecule has 1 aliphatic heterocycles. The van der Waals surface area contributed by atoms with Crippen LogP contribution >= 0.6 is 0 Å². The Morgan fingerprint density at radius 1 is 1.35 bits per heavy atom. The molecule has 0 saturated carbocycles. The molecule has 20 heavy (non-hydrogen) atoms. The second-order valence-corrected chi connectivity index (χ2v) is 5.00. The molecular formula is C14H17F3N2O. The second-order valence-electron chi connectivity index (χ2n) is 5.00. The van der Waals surface area contributed by atoms with Crippen molar-refractivity contribution in [1.82, 2.24) is 10.2 Å². The van der Waals surface area contributed by atoms with Crippen LogP contribution in [-0.4, -0.2) is 36.1 Å². The molecule has 1 aromatic rings. The van der Waals surface area contributed by atoms with E-state index in [9.17, 15) is 18.0 Å². The zero-order valence-electron chi connectivity index (χ0n) is 11.2. The van der Waals surface area contributed by atoms with Gasteiger partial charge in [0.2, 0.25) is 5.91 Å². The number of benzene rings is 1. The summed E-state index contributed by atoms with van der Waals surface area (Å²) in [6, 6.07) is 7.36. The summed E-state index contributed by atoms with van der Waals surface area (Å²) in [6.07, 6.45) is -3.56. The number of rotatable bonds is 3. The second kappa shape index (κ2) is 5.83. The molecule has 0 saturated heterocycles. The number of halogens is 3. The fraction of sp³-hybridized carbons (Fsp3) is 0.500. The summed E-state index contributed by atoms with van der Waals surface area (Å²) in [7, 11) is 0. The standard InChI is InChI=1S/C14H17F3N2O/c1-10(13(20)18-9-14(15,16)17)19-7-6-11-4-2-3-5-12(11)8-19/h2-5,10H,6-9H2,1H3,(H,18,20). The third-order valence-corrected chi connectivity index (χ3v) is 3.55. The fourth-order valence-corrected chi connectivity index (χ4v) is 2.35. The fourth-order valence-electron chi connectivity index (χ4n) is 2.35. The predicted octanol–water partition coefficient (Wildman–Crippen LogP) is 2.11. The maximum atomic E-state index is 12.1. The number of amides is 1. The van der Waals surface area contributed by atoms with Gasteiger partial charge in [-0.05, 0) is 24.5 Å². The summed E-state index contributed by atoms with van der Waals surface area (Å²) in [6.45, 7) is 1.63. The minimum atomic E-state index is -4.37. The van der Waals surface area contributed by atoms with E-state index in [2.05, 4.69) is 0 Å². The van der Waals surface area contributed by atoms with Gasteiger partial charge in [-0.1, -0.05) is 24.3 Å². The molecule has 0 spiro atoms. The van der Waals surface area contributed by atoms with Crippen LogP contribution in [0.5, 0.6) is 0 Å². The maximum Gasteiger partial charge on any atom is 0.405 e. The van der Waals surface area contributed by atoms with Crippen LogP contribution in [0.1, 0.15) is 18.1 Å². The van der Waals surface area contributed by atoms with Gasteiger partial charge in [0.05, 0.1) is 6.04 Å². The van der Waals surface area contributed by atoms with Gasteiger partial charge in [-0.3, -0.25) is 9.69 Å². The van der Waals surface area contributed by atoms with Crippen molar-refractivity contribution in [2.24, 2.45) is 0 Å². The van der Waals surface area contributed by atoms with E-state index >= 15 is 0 Å². The van der Waals surface area contributed by atoms with Crippen LogP contribution in [0.3, 0.4) is 0 Å². The van der Waals surface area contributed by atoms with E-state index in [1.54, 1.807) is 6.92 Å². The van der Waals surface area contributed by atoms with Crippen LogP contribution < -0.4 is 5.32 Å². The Labute approximate surface area is 115 Å². The molecule has 1 unspecified atom stereocenters. The van der Waals surface area contributed by atoms with Crippen LogP contribution in [0.4, 0.5) is 13.2 Å². The number of nitrogens with zero attached hydrogens (tertiary/aromatic N) is 1. The number of alkyl halides is 3. The molecule has 0 bridgehead atoms. The molecular weight excluding hydrogens is 269 g/mol. The molecule has 1 amide bonds. The lowest BCUT2D eigenvalue weighted by molar-refractivity contribution is -0.141. The highest BCUT2D eigenvalue weighted by atomic mass is 19.4. The van der Waals surface area contributed by atoms with Crippen LogP contribution in [0.25, 0.3) is 0 Å². The van der Waals surface area contributed by atoms with Crippen molar-refractivity contribution in [2.45, 2.75) is 32.1 Å². The first kappa shape index (κ1) is 14.8. The van der Waals surface area contributed by atoms with Gasteiger partial charge in [0.15, 0.2) is 0 Å². The predicted molar refractivity (Wildman–Crippen MR) is 69.1 cm³/mol. The van der Waals surface area contributed by atoms with Gasteiger partial charge < -0.3 is 5.32 Å². The average Bonchev–Trinajstić information content (AvgIpc) is 2.42. The zero-order valence-corrected chi connectivity index (χ0v) is 11.2. The largest absolute Gasteiger partial charge is 0.405 e. The summed E-state index contributed by atoms with van der Waals surface area (Å²) in [5, 5.41) is 1.94. The third kappa shape index (κ3) is 3.72. The summed E-state index contributed by atoms with van der Waals surface area (Å²) in [4.78, 5) is 13.6. The van der Waals surface area contributed by atoms with E-state index < -0.39 is 24.7 Å². The van der Waals surface area contributed by atoms with Crippen molar-refractivity contribution in [3.8, 4) is 0 Å². The molecule has 0 radical (unpaired) electrons. The van der Waals surface area contributed by atoms with Crippen molar-refractivity contribution < 1.29 is 18.0 Å². The summed E-state index contributed by atoms with van der Waals surface area (Å²) >= 11 is 0. The summed E-state index contributed by atoms with van der Waals surface area (Å²) < 4.78 is 36.3. The first-order valence-electron chi connectivity index (χ1n) is 6.52. The monoisotopic (exact) mass is 286 g/mol. The third-order valence-electron chi connectivity index (χ3n) is 3.55. The summed E-state index contributed by atoms with van der Waals surface area (Å²) in [5.41, 5.74) is 2.38. The molecule has 3 nitrogen and oxygen atoms in total. The zero-order chi connectivity index (χ0) is 14.8. The Morgan fingerprint density at radius 2 is 2.00 bits per heavy atom.